The van der Waals surface area contributed by atoms with E-state index in [1.165, 1.54) is 0 Å². The summed E-state index contributed by atoms with van der Waals surface area (Å²) in [5.41, 5.74) is 6.25. The first-order chi connectivity index (χ1) is 9.10. The third-order valence-corrected chi connectivity index (χ3v) is 3.99. The van der Waals surface area contributed by atoms with Crippen LogP contribution in [-0.4, -0.2) is 0 Å². The molecule has 100 valence electrons. The highest BCUT2D eigenvalue weighted by Crippen LogP contribution is 2.25. The van der Waals surface area contributed by atoms with Gasteiger partial charge in [-0.1, -0.05) is 51.8 Å². The predicted octanol–water partition coefficient (Wildman–Crippen LogP) is 4.16. The highest BCUT2D eigenvalue weighted by molar-refractivity contribution is 9.10. The molecule has 0 aliphatic rings. The predicted molar refractivity (Wildman–Crippen MR) is 84.1 cm³/mol. The van der Waals surface area contributed by atoms with Crippen molar-refractivity contribution in [2.75, 3.05) is 0 Å². The Hall–Kier alpha value is -0.870. The summed E-state index contributed by atoms with van der Waals surface area (Å²) < 4.78 is 1.06. The zero-order valence-electron chi connectivity index (χ0n) is 10.7. The molecule has 0 saturated carbocycles. The van der Waals surface area contributed by atoms with Gasteiger partial charge >= 0.3 is 0 Å². The first kappa shape index (κ1) is 14.5. The fourth-order valence-electron chi connectivity index (χ4n) is 2.01. The van der Waals surface area contributed by atoms with E-state index in [0.29, 0.717) is 0 Å². The number of nitrogens with one attached hydrogen (secondary N) is 1. The van der Waals surface area contributed by atoms with Crippen LogP contribution in [0.2, 0.25) is 5.02 Å². The van der Waals surface area contributed by atoms with Gasteiger partial charge in [-0.3, -0.25) is 11.3 Å². The Morgan fingerprint density at radius 2 is 1.89 bits per heavy atom. The summed E-state index contributed by atoms with van der Waals surface area (Å²) in [6.45, 7) is 2.03. The van der Waals surface area contributed by atoms with Crippen molar-refractivity contribution < 1.29 is 0 Å². The molecule has 19 heavy (non-hydrogen) atoms. The quantitative estimate of drug-likeness (QED) is 0.648. The molecular weight excluding hydrogens is 324 g/mol. The fourth-order valence-corrected chi connectivity index (χ4v) is 2.58. The van der Waals surface area contributed by atoms with Crippen LogP contribution in [-0.2, 0) is 6.42 Å². The third kappa shape index (κ3) is 3.80. The van der Waals surface area contributed by atoms with E-state index < -0.39 is 0 Å². The third-order valence-electron chi connectivity index (χ3n) is 3.11. The number of halogens is 2. The summed E-state index contributed by atoms with van der Waals surface area (Å²) >= 11 is 9.70. The number of hydrogen-bond donors (Lipinski definition) is 2. The van der Waals surface area contributed by atoms with E-state index in [0.717, 1.165) is 32.6 Å². The Morgan fingerprint density at radius 1 is 1.21 bits per heavy atom. The summed E-state index contributed by atoms with van der Waals surface area (Å²) in [5, 5.41) is 0.789. The molecule has 2 aromatic carbocycles. The number of hydrogen-bond acceptors (Lipinski definition) is 2. The normalized spacial score (nSPS) is 12.4. The molecule has 0 aliphatic heterocycles. The van der Waals surface area contributed by atoms with Crippen molar-refractivity contribution in [2.24, 2.45) is 5.84 Å². The molecule has 0 radical (unpaired) electrons. The summed E-state index contributed by atoms with van der Waals surface area (Å²) in [6.07, 6.45) is 0.761. The summed E-state index contributed by atoms with van der Waals surface area (Å²) in [4.78, 5) is 0. The topological polar surface area (TPSA) is 38.0 Å². The second kappa shape index (κ2) is 6.53. The highest BCUT2D eigenvalue weighted by Gasteiger charge is 2.12. The first-order valence-electron chi connectivity index (χ1n) is 6.07. The zero-order valence-corrected chi connectivity index (χ0v) is 13.0. The molecule has 1 atom stereocenters. The lowest BCUT2D eigenvalue weighted by Gasteiger charge is -2.17. The Kier molecular flexibility index (Phi) is 4.99. The maximum Gasteiger partial charge on any atom is 0.0500 e. The van der Waals surface area contributed by atoms with Crippen molar-refractivity contribution in [3.63, 3.8) is 0 Å². The largest absolute Gasteiger partial charge is 0.271 e. The molecule has 4 heteroatoms. The summed E-state index contributed by atoms with van der Waals surface area (Å²) in [7, 11) is 0. The van der Waals surface area contributed by atoms with Crippen LogP contribution in [0.5, 0.6) is 0 Å². The SMILES string of the molecule is Cc1ccc(CC(NN)c2ccc(Br)cc2)c(Cl)c1. The molecule has 2 nitrogen and oxygen atoms in total. The maximum atomic E-state index is 6.27. The van der Waals surface area contributed by atoms with Crippen LogP contribution in [0.4, 0.5) is 0 Å². The Bertz CT molecular complexity index is 555. The van der Waals surface area contributed by atoms with Crippen molar-refractivity contribution in [1.82, 2.24) is 5.43 Å². The van der Waals surface area contributed by atoms with Gasteiger partial charge in [-0.25, -0.2) is 0 Å². The molecule has 0 spiro atoms. The standard InChI is InChI=1S/C15H16BrClN2/c1-10-2-3-12(14(17)8-10)9-15(19-18)11-4-6-13(16)7-5-11/h2-8,15,19H,9,18H2,1H3. The van der Waals surface area contributed by atoms with E-state index in [2.05, 4.69) is 45.6 Å². The lowest BCUT2D eigenvalue weighted by Crippen LogP contribution is -2.29. The fraction of sp³-hybridized carbons (Fsp3) is 0.200. The van der Waals surface area contributed by atoms with Crippen molar-refractivity contribution in [2.45, 2.75) is 19.4 Å². The van der Waals surface area contributed by atoms with E-state index >= 15 is 0 Å². The van der Waals surface area contributed by atoms with Gasteiger partial charge < -0.3 is 0 Å². The van der Waals surface area contributed by atoms with Crippen LogP contribution in [0.25, 0.3) is 0 Å². The summed E-state index contributed by atoms with van der Waals surface area (Å²) in [6, 6.07) is 14.3. The molecule has 0 fully saturated rings. The van der Waals surface area contributed by atoms with Gasteiger partial charge in [-0.05, 0) is 48.2 Å². The minimum absolute atomic E-state index is 0.0494. The van der Waals surface area contributed by atoms with Crippen molar-refractivity contribution >= 4 is 27.5 Å². The molecule has 0 bridgehead atoms. The minimum atomic E-state index is 0.0494. The molecule has 2 rings (SSSR count). The van der Waals surface area contributed by atoms with Gasteiger partial charge in [-0.2, -0.15) is 0 Å². The monoisotopic (exact) mass is 338 g/mol. The van der Waals surface area contributed by atoms with Gasteiger partial charge in [0.1, 0.15) is 0 Å². The van der Waals surface area contributed by atoms with Gasteiger partial charge in [-0.15, -0.1) is 0 Å². The lowest BCUT2D eigenvalue weighted by atomic mass is 9.99. The average Bonchev–Trinajstić information content (AvgIpc) is 2.39. The van der Waals surface area contributed by atoms with Gasteiger partial charge in [0.05, 0.1) is 6.04 Å². The number of rotatable bonds is 4. The second-order valence-corrected chi connectivity index (χ2v) is 5.89. The van der Waals surface area contributed by atoms with Gasteiger partial charge in [0.15, 0.2) is 0 Å². The van der Waals surface area contributed by atoms with Crippen molar-refractivity contribution in [3.05, 3.63) is 68.7 Å². The maximum absolute atomic E-state index is 6.27. The highest BCUT2D eigenvalue weighted by atomic mass is 79.9. The molecule has 2 aromatic rings. The number of benzene rings is 2. The first-order valence-corrected chi connectivity index (χ1v) is 7.24. The molecular formula is C15H16BrClN2. The van der Waals surface area contributed by atoms with Crippen LogP contribution >= 0.6 is 27.5 Å². The van der Waals surface area contributed by atoms with Gasteiger partial charge in [0.2, 0.25) is 0 Å². The number of nitrogens with two attached hydrogens (primary N) is 1. The number of aryl methyl sites for hydroxylation is 1. The lowest BCUT2D eigenvalue weighted by molar-refractivity contribution is 0.552. The van der Waals surface area contributed by atoms with E-state index in [1.54, 1.807) is 0 Å². The van der Waals surface area contributed by atoms with Crippen LogP contribution in [0.15, 0.2) is 46.9 Å². The molecule has 0 aliphatic carbocycles. The van der Waals surface area contributed by atoms with Gasteiger partial charge in [0.25, 0.3) is 0 Å². The molecule has 0 heterocycles. The second-order valence-electron chi connectivity index (χ2n) is 4.57. The molecule has 1 unspecified atom stereocenters. The summed E-state index contributed by atoms with van der Waals surface area (Å²) in [5.74, 6) is 5.67. The minimum Gasteiger partial charge on any atom is -0.271 e. The zero-order chi connectivity index (χ0) is 13.8. The van der Waals surface area contributed by atoms with E-state index in [4.69, 9.17) is 17.4 Å². The van der Waals surface area contributed by atoms with Crippen LogP contribution in [0.3, 0.4) is 0 Å². The molecule has 0 amide bonds. The number of hydrazine groups is 1. The average molecular weight is 340 g/mol. The smallest absolute Gasteiger partial charge is 0.0500 e. The van der Waals surface area contributed by atoms with Crippen LogP contribution in [0, 0.1) is 6.92 Å². The Labute approximate surface area is 127 Å². The van der Waals surface area contributed by atoms with Crippen molar-refractivity contribution in [3.8, 4) is 0 Å². The van der Waals surface area contributed by atoms with Crippen LogP contribution < -0.4 is 11.3 Å². The van der Waals surface area contributed by atoms with E-state index in [-0.39, 0.29) is 6.04 Å². The molecule has 3 N–H and O–H groups in total. The Balaban J connectivity index is 2.21. The van der Waals surface area contributed by atoms with E-state index in [1.807, 2.05) is 25.1 Å². The molecule has 0 aromatic heterocycles. The van der Waals surface area contributed by atoms with Crippen LogP contribution in [0.1, 0.15) is 22.7 Å². The van der Waals surface area contributed by atoms with Gasteiger partial charge in [0, 0.05) is 9.50 Å². The van der Waals surface area contributed by atoms with E-state index in [9.17, 15) is 0 Å². The Morgan fingerprint density at radius 3 is 2.47 bits per heavy atom. The molecule has 0 saturated heterocycles. The van der Waals surface area contributed by atoms with Crippen molar-refractivity contribution in [1.29, 1.82) is 0 Å².